The third-order valence-electron chi connectivity index (χ3n) is 1.18. The summed E-state index contributed by atoms with van der Waals surface area (Å²) in [6.45, 7) is 5.77. The molecule has 0 spiro atoms. The SMILES string of the molecule is CC(C)(C)Oc1ccncc1O. The molecule has 1 rings (SSSR count). The van der Waals surface area contributed by atoms with Crippen molar-refractivity contribution in [2.45, 2.75) is 26.4 Å². The Morgan fingerprint density at radius 2 is 2.08 bits per heavy atom. The second kappa shape index (κ2) is 3.01. The smallest absolute Gasteiger partial charge is 0.176 e. The van der Waals surface area contributed by atoms with Crippen molar-refractivity contribution in [3.63, 3.8) is 0 Å². The molecule has 0 unspecified atom stereocenters. The van der Waals surface area contributed by atoms with Gasteiger partial charge in [0.1, 0.15) is 5.60 Å². The summed E-state index contributed by atoms with van der Waals surface area (Å²) in [5, 5.41) is 9.29. The molecule has 1 aromatic rings. The molecule has 0 saturated carbocycles. The van der Waals surface area contributed by atoms with Crippen LogP contribution in [0.5, 0.6) is 11.5 Å². The van der Waals surface area contributed by atoms with Gasteiger partial charge in [-0.1, -0.05) is 0 Å². The van der Waals surface area contributed by atoms with Crippen molar-refractivity contribution in [1.29, 1.82) is 0 Å². The fraction of sp³-hybridized carbons (Fsp3) is 0.444. The molecule has 12 heavy (non-hydrogen) atoms. The number of hydrogen-bond acceptors (Lipinski definition) is 3. The lowest BCUT2D eigenvalue weighted by atomic mass is 10.2. The summed E-state index contributed by atoms with van der Waals surface area (Å²) in [4.78, 5) is 3.74. The summed E-state index contributed by atoms with van der Waals surface area (Å²) >= 11 is 0. The standard InChI is InChI=1S/C9H13NO2/c1-9(2,3)12-8-4-5-10-6-7(8)11/h4-6,11H,1-3H3. The third kappa shape index (κ3) is 2.42. The Hall–Kier alpha value is -1.25. The molecule has 1 aromatic heterocycles. The second-order valence-electron chi connectivity index (χ2n) is 3.56. The number of aromatic hydroxyl groups is 1. The highest BCUT2D eigenvalue weighted by Gasteiger charge is 2.13. The molecule has 0 saturated heterocycles. The minimum Gasteiger partial charge on any atom is -0.503 e. The first kappa shape index (κ1) is 8.84. The Balaban J connectivity index is 2.83. The first-order valence-electron chi connectivity index (χ1n) is 3.81. The molecule has 3 heteroatoms. The summed E-state index contributed by atoms with van der Waals surface area (Å²) < 4.78 is 5.44. The van der Waals surface area contributed by atoms with E-state index in [2.05, 4.69) is 4.98 Å². The van der Waals surface area contributed by atoms with Gasteiger partial charge in [-0.3, -0.25) is 4.98 Å². The number of pyridine rings is 1. The minimum absolute atomic E-state index is 0.0763. The van der Waals surface area contributed by atoms with Crippen molar-refractivity contribution >= 4 is 0 Å². The maximum absolute atomic E-state index is 9.29. The van der Waals surface area contributed by atoms with E-state index in [1.807, 2.05) is 20.8 Å². The average molecular weight is 167 g/mol. The van der Waals surface area contributed by atoms with E-state index in [1.165, 1.54) is 6.20 Å². The Morgan fingerprint density at radius 1 is 1.42 bits per heavy atom. The molecule has 1 heterocycles. The van der Waals surface area contributed by atoms with Crippen LogP contribution in [-0.2, 0) is 0 Å². The van der Waals surface area contributed by atoms with Gasteiger partial charge in [-0.05, 0) is 20.8 Å². The molecule has 0 bridgehead atoms. The van der Waals surface area contributed by atoms with Crippen LogP contribution in [0.1, 0.15) is 20.8 Å². The van der Waals surface area contributed by atoms with Crippen LogP contribution in [0.2, 0.25) is 0 Å². The Bertz CT molecular complexity index is 265. The highest BCUT2D eigenvalue weighted by Crippen LogP contribution is 2.26. The van der Waals surface area contributed by atoms with Gasteiger partial charge in [-0.25, -0.2) is 0 Å². The molecule has 0 atom stereocenters. The number of aromatic nitrogens is 1. The summed E-state index contributed by atoms with van der Waals surface area (Å²) in [6.07, 6.45) is 2.95. The first-order chi connectivity index (χ1) is 5.49. The predicted octanol–water partition coefficient (Wildman–Crippen LogP) is 1.96. The molecular weight excluding hydrogens is 154 g/mol. The molecule has 66 valence electrons. The van der Waals surface area contributed by atoms with Crippen LogP contribution < -0.4 is 4.74 Å². The van der Waals surface area contributed by atoms with Crippen molar-refractivity contribution in [3.8, 4) is 11.5 Å². The van der Waals surface area contributed by atoms with E-state index in [0.717, 1.165) is 0 Å². The van der Waals surface area contributed by atoms with Gasteiger partial charge in [0, 0.05) is 12.3 Å². The summed E-state index contributed by atoms with van der Waals surface area (Å²) in [6, 6.07) is 1.64. The van der Waals surface area contributed by atoms with E-state index in [9.17, 15) is 5.11 Å². The van der Waals surface area contributed by atoms with Crippen molar-refractivity contribution in [1.82, 2.24) is 4.98 Å². The van der Waals surface area contributed by atoms with Crippen molar-refractivity contribution < 1.29 is 9.84 Å². The lowest BCUT2D eigenvalue weighted by Gasteiger charge is -2.21. The summed E-state index contributed by atoms with van der Waals surface area (Å²) in [7, 11) is 0. The fourth-order valence-electron chi connectivity index (χ4n) is 0.790. The van der Waals surface area contributed by atoms with E-state index in [1.54, 1.807) is 12.3 Å². The minimum atomic E-state index is -0.293. The van der Waals surface area contributed by atoms with Crippen LogP contribution in [0.25, 0.3) is 0 Å². The molecule has 0 aliphatic heterocycles. The fourth-order valence-corrected chi connectivity index (χ4v) is 0.790. The molecule has 0 aliphatic carbocycles. The van der Waals surface area contributed by atoms with E-state index >= 15 is 0 Å². The lowest BCUT2D eigenvalue weighted by molar-refractivity contribution is 0.125. The normalized spacial score (nSPS) is 11.2. The van der Waals surface area contributed by atoms with Gasteiger partial charge in [0.2, 0.25) is 0 Å². The first-order valence-corrected chi connectivity index (χ1v) is 3.81. The molecular formula is C9H13NO2. The molecule has 0 radical (unpaired) electrons. The number of ether oxygens (including phenoxy) is 1. The van der Waals surface area contributed by atoms with Gasteiger partial charge in [0.05, 0.1) is 6.20 Å². The Morgan fingerprint density at radius 3 is 2.58 bits per heavy atom. The summed E-state index contributed by atoms with van der Waals surface area (Å²) in [5.74, 6) is 0.546. The Labute approximate surface area is 72.0 Å². The van der Waals surface area contributed by atoms with Gasteiger partial charge in [0.15, 0.2) is 11.5 Å². The maximum Gasteiger partial charge on any atom is 0.176 e. The molecule has 3 nitrogen and oxygen atoms in total. The van der Waals surface area contributed by atoms with Gasteiger partial charge < -0.3 is 9.84 Å². The molecule has 1 N–H and O–H groups in total. The van der Waals surface area contributed by atoms with Crippen molar-refractivity contribution in [2.75, 3.05) is 0 Å². The largest absolute Gasteiger partial charge is 0.503 e. The zero-order valence-corrected chi connectivity index (χ0v) is 7.53. The molecule has 0 aromatic carbocycles. The molecule has 0 aliphatic rings. The van der Waals surface area contributed by atoms with Crippen LogP contribution in [0, 0.1) is 0 Å². The van der Waals surface area contributed by atoms with E-state index < -0.39 is 0 Å². The van der Waals surface area contributed by atoms with Crippen LogP contribution in [0.3, 0.4) is 0 Å². The van der Waals surface area contributed by atoms with Gasteiger partial charge >= 0.3 is 0 Å². The van der Waals surface area contributed by atoms with Gasteiger partial charge in [-0.2, -0.15) is 0 Å². The predicted molar refractivity (Wildman–Crippen MR) is 46.3 cm³/mol. The lowest BCUT2D eigenvalue weighted by Crippen LogP contribution is -2.22. The van der Waals surface area contributed by atoms with E-state index in [0.29, 0.717) is 5.75 Å². The monoisotopic (exact) mass is 167 g/mol. The second-order valence-corrected chi connectivity index (χ2v) is 3.56. The van der Waals surface area contributed by atoms with Crippen molar-refractivity contribution in [2.24, 2.45) is 0 Å². The topological polar surface area (TPSA) is 42.4 Å². The Kier molecular flexibility index (Phi) is 2.22. The zero-order chi connectivity index (χ0) is 9.19. The van der Waals surface area contributed by atoms with E-state index in [-0.39, 0.29) is 11.4 Å². The van der Waals surface area contributed by atoms with Crippen LogP contribution in [0.4, 0.5) is 0 Å². The molecule has 0 fully saturated rings. The number of nitrogens with zero attached hydrogens (tertiary/aromatic N) is 1. The van der Waals surface area contributed by atoms with Crippen LogP contribution in [-0.4, -0.2) is 15.7 Å². The average Bonchev–Trinajstić information content (AvgIpc) is 1.91. The quantitative estimate of drug-likeness (QED) is 0.695. The third-order valence-corrected chi connectivity index (χ3v) is 1.18. The van der Waals surface area contributed by atoms with Crippen LogP contribution >= 0.6 is 0 Å². The van der Waals surface area contributed by atoms with E-state index in [4.69, 9.17) is 4.74 Å². The zero-order valence-electron chi connectivity index (χ0n) is 7.53. The summed E-state index contributed by atoms with van der Waals surface area (Å²) in [5.41, 5.74) is -0.293. The van der Waals surface area contributed by atoms with Gasteiger partial charge in [0.25, 0.3) is 0 Å². The maximum atomic E-state index is 9.29. The highest BCUT2D eigenvalue weighted by molar-refractivity contribution is 5.35. The molecule has 0 amide bonds. The number of hydrogen-bond donors (Lipinski definition) is 1. The number of rotatable bonds is 1. The van der Waals surface area contributed by atoms with Crippen LogP contribution in [0.15, 0.2) is 18.5 Å². The van der Waals surface area contributed by atoms with Gasteiger partial charge in [-0.15, -0.1) is 0 Å². The van der Waals surface area contributed by atoms with Crippen molar-refractivity contribution in [3.05, 3.63) is 18.5 Å². The highest BCUT2D eigenvalue weighted by atomic mass is 16.5.